The molecule has 4 heteroatoms. The van der Waals surface area contributed by atoms with E-state index in [1.54, 1.807) is 11.0 Å². The van der Waals surface area contributed by atoms with Gasteiger partial charge in [0.05, 0.1) is 0 Å². The van der Waals surface area contributed by atoms with E-state index in [-0.39, 0.29) is 11.7 Å². The molecule has 1 unspecified atom stereocenters. The molecule has 1 amide bonds. The fourth-order valence-corrected chi connectivity index (χ4v) is 2.04. The van der Waals surface area contributed by atoms with Crippen LogP contribution in [0.15, 0.2) is 18.2 Å². The largest absolute Gasteiger partial charge is 0.398 e. The predicted molar refractivity (Wildman–Crippen MR) is 60.0 cm³/mol. The monoisotopic (exact) mass is 222 g/mol. The number of likely N-dealkylation sites (tertiary alicyclic amines) is 1. The number of rotatable bonds is 2. The smallest absolute Gasteiger partial charge is 0.223 e. The summed E-state index contributed by atoms with van der Waals surface area (Å²) in [6.07, 6.45) is 0.598. The van der Waals surface area contributed by atoms with Crippen LogP contribution in [0.4, 0.5) is 10.1 Å². The van der Waals surface area contributed by atoms with Crippen molar-refractivity contribution in [1.29, 1.82) is 0 Å². The van der Waals surface area contributed by atoms with Crippen molar-refractivity contribution >= 4 is 11.6 Å². The minimum Gasteiger partial charge on any atom is -0.398 e. The van der Waals surface area contributed by atoms with E-state index in [0.29, 0.717) is 24.6 Å². The normalized spacial score (nSPS) is 20.5. The molecule has 0 aromatic heterocycles. The lowest BCUT2D eigenvalue weighted by Gasteiger charge is -2.17. The van der Waals surface area contributed by atoms with Crippen molar-refractivity contribution < 1.29 is 9.18 Å². The molecule has 2 rings (SSSR count). The average Bonchev–Trinajstić information content (AvgIpc) is 2.50. The fourth-order valence-electron chi connectivity index (χ4n) is 2.04. The molecule has 1 aliphatic heterocycles. The number of hydrogen-bond donors (Lipinski definition) is 1. The Balaban J connectivity index is 2.12. The van der Waals surface area contributed by atoms with Gasteiger partial charge in [-0.25, -0.2) is 4.39 Å². The first-order valence-corrected chi connectivity index (χ1v) is 5.38. The van der Waals surface area contributed by atoms with Crippen LogP contribution in [0.2, 0.25) is 0 Å². The van der Waals surface area contributed by atoms with E-state index in [1.807, 2.05) is 6.92 Å². The van der Waals surface area contributed by atoms with Gasteiger partial charge in [-0.15, -0.1) is 0 Å². The summed E-state index contributed by atoms with van der Waals surface area (Å²) in [6.45, 7) is 3.29. The van der Waals surface area contributed by atoms with Gasteiger partial charge < -0.3 is 10.6 Å². The van der Waals surface area contributed by atoms with Crippen molar-refractivity contribution in [1.82, 2.24) is 4.90 Å². The highest BCUT2D eigenvalue weighted by Gasteiger charge is 2.26. The van der Waals surface area contributed by atoms with E-state index in [1.165, 1.54) is 12.1 Å². The van der Waals surface area contributed by atoms with Crippen LogP contribution in [0.1, 0.15) is 18.9 Å². The summed E-state index contributed by atoms with van der Waals surface area (Å²) >= 11 is 0. The molecular formula is C12H15FN2O. The zero-order valence-electron chi connectivity index (χ0n) is 9.24. The third kappa shape index (κ3) is 2.15. The Morgan fingerprint density at radius 3 is 2.88 bits per heavy atom. The Morgan fingerprint density at radius 2 is 2.31 bits per heavy atom. The molecule has 1 aliphatic rings. The van der Waals surface area contributed by atoms with Crippen LogP contribution < -0.4 is 5.73 Å². The van der Waals surface area contributed by atoms with Crippen LogP contribution >= 0.6 is 0 Å². The highest BCUT2D eigenvalue weighted by atomic mass is 19.1. The summed E-state index contributed by atoms with van der Waals surface area (Å²) in [4.78, 5) is 13.4. The SMILES string of the molecule is CC1CC(=O)N(Cc2ccc(F)cc2N)C1. The molecule has 1 saturated heterocycles. The maximum atomic E-state index is 12.8. The Labute approximate surface area is 94.0 Å². The summed E-state index contributed by atoms with van der Waals surface area (Å²) in [5, 5.41) is 0. The van der Waals surface area contributed by atoms with Gasteiger partial charge >= 0.3 is 0 Å². The summed E-state index contributed by atoms with van der Waals surface area (Å²) in [5.41, 5.74) is 6.92. The minimum atomic E-state index is -0.345. The average molecular weight is 222 g/mol. The van der Waals surface area contributed by atoms with Gasteiger partial charge in [0.15, 0.2) is 0 Å². The molecule has 1 aromatic carbocycles. The molecule has 1 atom stereocenters. The lowest BCUT2D eigenvalue weighted by molar-refractivity contribution is -0.128. The maximum absolute atomic E-state index is 12.8. The summed E-state index contributed by atoms with van der Waals surface area (Å²) in [6, 6.07) is 4.30. The number of anilines is 1. The number of hydrogen-bond acceptors (Lipinski definition) is 2. The topological polar surface area (TPSA) is 46.3 Å². The van der Waals surface area contributed by atoms with Crippen LogP contribution in [0, 0.1) is 11.7 Å². The van der Waals surface area contributed by atoms with Gasteiger partial charge in [0, 0.05) is 25.2 Å². The number of nitrogens with zero attached hydrogens (tertiary/aromatic N) is 1. The molecule has 0 saturated carbocycles. The van der Waals surface area contributed by atoms with E-state index in [4.69, 9.17) is 5.73 Å². The lowest BCUT2D eigenvalue weighted by atomic mass is 10.1. The third-order valence-electron chi connectivity index (χ3n) is 2.88. The van der Waals surface area contributed by atoms with Gasteiger partial charge in [0.25, 0.3) is 0 Å². The molecule has 0 spiro atoms. The van der Waals surface area contributed by atoms with E-state index in [2.05, 4.69) is 0 Å². The summed E-state index contributed by atoms with van der Waals surface area (Å²) in [7, 11) is 0. The zero-order chi connectivity index (χ0) is 11.7. The summed E-state index contributed by atoms with van der Waals surface area (Å²) < 4.78 is 12.8. The molecule has 0 bridgehead atoms. The van der Waals surface area contributed by atoms with Crippen molar-refractivity contribution in [2.24, 2.45) is 5.92 Å². The number of halogens is 1. The molecule has 0 aliphatic carbocycles. The summed E-state index contributed by atoms with van der Waals surface area (Å²) in [5.74, 6) is 0.202. The molecule has 0 radical (unpaired) electrons. The van der Waals surface area contributed by atoms with Gasteiger partial charge in [0.1, 0.15) is 5.82 Å². The van der Waals surface area contributed by atoms with Gasteiger partial charge in [0.2, 0.25) is 5.91 Å². The number of carbonyl (C=O) groups is 1. The van der Waals surface area contributed by atoms with Gasteiger partial charge in [-0.3, -0.25) is 4.79 Å². The van der Waals surface area contributed by atoms with Crippen LogP contribution in [0.25, 0.3) is 0 Å². The Bertz CT molecular complexity index is 419. The standard InChI is InChI=1S/C12H15FN2O/c1-8-4-12(16)15(6-8)7-9-2-3-10(13)5-11(9)14/h2-3,5,8H,4,6-7,14H2,1H3. The van der Waals surface area contributed by atoms with Crippen LogP contribution in [-0.2, 0) is 11.3 Å². The molecule has 86 valence electrons. The molecule has 16 heavy (non-hydrogen) atoms. The van der Waals surface area contributed by atoms with Crippen LogP contribution in [0.3, 0.4) is 0 Å². The van der Waals surface area contributed by atoms with Crippen molar-refractivity contribution in [2.45, 2.75) is 19.9 Å². The molecule has 1 aromatic rings. The number of nitrogen functional groups attached to an aromatic ring is 1. The first-order valence-electron chi connectivity index (χ1n) is 5.38. The van der Waals surface area contributed by atoms with Crippen molar-refractivity contribution in [3.63, 3.8) is 0 Å². The first kappa shape index (κ1) is 10.9. The molecule has 2 N–H and O–H groups in total. The Morgan fingerprint density at radius 1 is 1.56 bits per heavy atom. The van der Waals surface area contributed by atoms with Gasteiger partial charge in [-0.2, -0.15) is 0 Å². The first-order chi connectivity index (χ1) is 7.56. The quantitative estimate of drug-likeness (QED) is 0.775. The lowest BCUT2D eigenvalue weighted by Crippen LogP contribution is -2.24. The number of benzene rings is 1. The zero-order valence-corrected chi connectivity index (χ0v) is 9.24. The van der Waals surface area contributed by atoms with Gasteiger partial charge in [-0.1, -0.05) is 13.0 Å². The second-order valence-electron chi connectivity index (χ2n) is 4.43. The van der Waals surface area contributed by atoms with Gasteiger partial charge in [-0.05, 0) is 23.6 Å². The molecule has 1 fully saturated rings. The predicted octanol–water partition coefficient (Wildman–Crippen LogP) is 1.78. The van der Waals surface area contributed by atoms with Crippen LogP contribution in [0.5, 0.6) is 0 Å². The minimum absolute atomic E-state index is 0.149. The van der Waals surface area contributed by atoms with Crippen molar-refractivity contribution in [3.8, 4) is 0 Å². The second-order valence-corrected chi connectivity index (χ2v) is 4.43. The third-order valence-corrected chi connectivity index (χ3v) is 2.88. The maximum Gasteiger partial charge on any atom is 0.223 e. The Kier molecular flexibility index (Phi) is 2.81. The van der Waals surface area contributed by atoms with Crippen molar-refractivity contribution in [3.05, 3.63) is 29.6 Å². The Hall–Kier alpha value is -1.58. The van der Waals surface area contributed by atoms with E-state index in [9.17, 15) is 9.18 Å². The molecule has 3 nitrogen and oxygen atoms in total. The number of nitrogens with two attached hydrogens (primary N) is 1. The molecule has 1 heterocycles. The number of carbonyl (C=O) groups excluding carboxylic acids is 1. The molecular weight excluding hydrogens is 207 g/mol. The highest BCUT2D eigenvalue weighted by molar-refractivity contribution is 5.78. The number of amides is 1. The fraction of sp³-hybridized carbons (Fsp3) is 0.417. The van der Waals surface area contributed by atoms with E-state index >= 15 is 0 Å². The second kappa shape index (κ2) is 4.12. The van der Waals surface area contributed by atoms with Crippen molar-refractivity contribution in [2.75, 3.05) is 12.3 Å². The highest BCUT2D eigenvalue weighted by Crippen LogP contribution is 2.22. The van der Waals surface area contributed by atoms with E-state index in [0.717, 1.165) is 12.1 Å². The van der Waals surface area contributed by atoms with Crippen LogP contribution in [-0.4, -0.2) is 17.4 Å². The van der Waals surface area contributed by atoms with E-state index < -0.39 is 0 Å².